The Morgan fingerprint density at radius 3 is 2.57 bits per heavy atom. The third-order valence-electron chi connectivity index (χ3n) is 4.51. The summed E-state index contributed by atoms with van der Waals surface area (Å²) in [6, 6.07) is 9.93. The number of ether oxygens (including phenoxy) is 1. The van der Waals surface area contributed by atoms with Crippen LogP contribution in [0.2, 0.25) is 0 Å². The van der Waals surface area contributed by atoms with Crippen LogP contribution in [0.1, 0.15) is 45.8 Å². The van der Waals surface area contributed by atoms with Crippen LogP contribution in [-0.4, -0.2) is 21.3 Å². The molecule has 2 atom stereocenters. The fraction of sp³-hybridized carbons (Fsp3) is 0.500. The Hall–Kier alpha value is -1.45. The van der Waals surface area contributed by atoms with Crippen molar-refractivity contribution in [3.8, 4) is 0 Å². The number of rotatable bonds is 2. The molecule has 1 N–H and O–H groups in total. The molecule has 1 aromatic heterocycles. The van der Waals surface area contributed by atoms with Gasteiger partial charge in [-0.3, -0.25) is 4.98 Å². The van der Waals surface area contributed by atoms with Crippen LogP contribution in [0, 0.1) is 5.92 Å². The average molecular weight is 285 g/mol. The van der Waals surface area contributed by atoms with Crippen LogP contribution in [0.3, 0.4) is 0 Å². The van der Waals surface area contributed by atoms with Crippen molar-refractivity contribution in [1.82, 2.24) is 4.98 Å². The molecule has 3 nitrogen and oxygen atoms in total. The van der Waals surface area contributed by atoms with Crippen LogP contribution in [0.15, 0.2) is 36.5 Å². The van der Waals surface area contributed by atoms with Crippen molar-refractivity contribution in [2.45, 2.75) is 51.4 Å². The highest BCUT2D eigenvalue weighted by atomic mass is 16.5. The maximum absolute atomic E-state index is 11.0. The Morgan fingerprint density at radius 1 is 1.19 bits per heavy atom. The summed E-state index contributed by atoms with van der Waals surface area (Å²) in [7, 11) is 0. The third kappa shape index (κ3) is 2.56. The lowest BCUT2D eigenvalue weighted by Gasteiger charge is -2.30. The van der Waals surface area contributed by atoms with Crippen molar-refractivity contribution >= 4 is 10.9 Å². The van der Waals surface area contributed by atoms with Gasteiger partial charge in [0.05, 0.1) is 22.8 Å². The first-order valence-electron chi connectivity index (χ1n) is 7.52. The Kier molecular flexibility index (Phi) is 3.30. The molecule has 2 heterocycles. The van der Waals surface area contributed by atoms with E-state index in [4.69, 9.17) is 4.74 Å². The predicted octanol–water partition coefficient (Wildman–Crippen LogP) is 3.86. The number of benzene rings is 1. The maximum atomic E-state index is 11.0. The fourth-order valence-corrected chi connectivity index (χ4v) is 3.68. The van der Waals surface area contributed by atoms with Gasteiger partial charge in [-0.25, -0.2) is 0 Å². The molecule has 21 heavy (non-hydrogen) atoms. The van der Waals surface area contributed by atoms with E-state index in [2.05, 4.69) is 32.7 Å². The molecule has 0 bridgehead atoms. The zero-order valence-corrected chi connectivity index (χ0v) is 13.1. The number of aliphatic hydroxyl groups excluding tert-OH is 1. The predicted molar refractivity (Wildman–Crippen MR) is 84.1 cm³/mol. The monoisotopic (exact) mass is 285 g/mol. The smallest absolute Gasteiger partial charge is 0.0867 e. The van der Waals surface area contributed by atoms with Gasteiger partial charge < -0.3 is 9.84 Å². The van der Waals surface area contributed by atoms with E-state index in [1.165, 1.54) is 0 Å². The summed E-state index contributed by atoms with van der Waals surface area (Å²) in [5.74, 6) is 0.0557. The van der Waals surface area contributed by atoms with Gasteiger partial charge in [-0.2, -0.15) is 0 Å². The zero-order valence-electron chi connectivity index (χ0n) is 13.1. The largest absolute Gasteiger partial charge is 0.388 e. The first kappa shape index (κ1) is 14.5. The van der Waals surface area contributed by atoms with Crippen LogP contribution in [-0.2, 0) is 4.74 Å². The molecule has 0 spiro atoms. The van der Waals surface area contributed by atoms with Gasteiger partial charge in [0.15, 0.2) is 0 Å². The number of hydrogen-bond acceptors (Lipinski definition) is 3. The second-order valence-corrected chi connectivity index (χ2v) is 7.14. The zero-order chi connectivity index (χ0) is 15.3. The Balaban J connectivity index is 2.03. The topological polar surface area (TPSA) is 42.4 Å². The summed E-state index contributed by atoms with van der Waals surface area (Å²) >= 11 is 0. The molecule has 0 radical (unpaired) electrons. The van der Waals surface area contributed by atoms with Crippen LogP contribution < -0.4 is 0 Å². The average Bonchev–Trinajstić information content (AvgIpc) is 2.65. The van der Waals surface area contributed by atoms with Gasteiger partial charge >= 0.3 is 0 Å². The van der Waals surface area contributed by atoms with E-state index in [9.17, 15) is 5.11 Å². The number of nitrogens with zero attached hydrogens (tertiary/aromatic N) is 1. The third-order valence-corrected chi connectivity index (χ3v) is 4.51. The van der Waals surface area contributed by atoms with Crippen molar-refractivity contribution in [1.29, 1.82) is 0 Å². The minimum absolute atomic E-state index is 0.0557. The molecule has 1 fully saturated rings. The lowest BCUT2D eigenvalue weighted by Crippen LogP contribution is -2.32. The standard InChI is InChI=1S/C18H23NO2/c1-17(2)11-14(18(3,4)21-17)16(20)13-9-5-7-12-8-6-10-19-15(12)13/h5-10,14,16,20H,11H2,1-4H3. The number of aromatic nitrogens is 1. The number of para-hydroxylation sites is 1. The first-order chi connectivity index (χ1) is 9.80. The molecule has 0 saturated carbocycles. The highest BCUT2D eigenvalue weighted by molar-refractivity contribution is 5.81. The Labute approximate surface area is 126 Å². The lowest BCUT2D eigenvalue weighted by molar-refractivity contribution is -0.0879. The van der Waals surface area contributed by atoms with E-state index in [1.54, 1.807) is 6.20 Å². The van der Waals surface area contributed by atoms with E-state index in [1.807, 2.05) is 30.3 Å². The van der Waals surface area contributed by atoms with Crippen molar-refractivity contribution < 1.29 is 9.84 Å². The Bertz CT molecular complexity index is 658. The molecular formula is C18H23NO2. The molecule has 3 rings (SSSR count). The van der Waals surface area contributed by atoms with Gasteiger partial charge in [-0.1, -0.05) is 24.3 Å². The van der Waals surface area contributed by atoms with Crippen molar-refractivity contribution in [3.05, 3.63) is 42.1 Å². The van der Waals surface area contributed by atoms with Gasteiger partial charge in [0.25, 0.3) is 0 Å². The first-order valence-corrected chi connectivity index (χ1v) is 7.52. The van der Waals surface area contributed by atoms with Crippen LogP contribution >= 0.6 is 0 Å². The van der Waals surface area contributed by atoms with Gasteiger partial charge in [0, 0.05) is 23.1 Å². The molecular weight excluding hydrogens is 262 g/mol. The summed E-state index contributed by atoms with van der Waals surface area (Å²) in [5, 5.41) is 12.0. The Morgan fingerprint density at radius 2 is 1.90 bits per heavy atom. The van der Waals surface area contributed by atoms with Gasteiger partial charge in [-0.15, -0.1) is 0 Å². The maximum Gasteiger partial charge on any atom is 0.0867 e. The molecule has 0 amide bonds. The molecule has 0 aliphatic carbocycles. The normalized spacial score (nSPS) is 25.1. The number of pyridine rings is 1. The molecule has 2 aromatic rings. The van der Waals surface area contributed by atoms with Crippen molar-refractivity contribution in [3.63, 3.8) is 0 Å². The number of hydrogen-bond donors (Lipinski definition) is 1. The highest BCUT2D eigenvalue weighted by Gasteiger charge is 2.49. The molecule has 3 heteroatoms. The van der Waals surface area contributed by atoms with E-state index < -0.39 is 6.10 Å². The van der Waals surface area contributed by atoms with E-state index in [0.717, 1.165) is 22.9 Å². The summed E-state index contributed by atoms with van der Waals surface area (Å²) in [5.41, 5.74) is 1.23. The minimum Gasteiger partial charge on any atom is -0.388 e. The summed E-state index contributed by atoms with van der Waals surface area (Å²) < 4.78 is 6.12. The molecule has 1 aliphatic rings. The van der Waals surface area contributed by atoms with E-state index >= 15 is 0 Å². The fourth-order valence-electron chi connectivity index (χ4n) is 3.68. The van der Waals surface area contributed by atoms with E-state index in [-0.39, 0.29) is 17.1 Å². The minimum atomic E-state index is -0.569. The summed E-state index contributed by atoms with van der Waals surface area (Å²) in [6.45, 7) is 8.30. The van der Waals surface area contributed by atoms with Gasteiger partial charge in [0.1, 0.15) is 0 Å². The summed E-state index contributed by atoms with van der Waals surface area (Å²) in [4.78, 5) is 4.46. The van der Waals surface area contributed by atoms with Crippen LogP contribution in [0.5, 0.6) is 0 Å². The van der Waals surface area contributed by atoms with Gasteiger partial charge in [0.2, 0.25) is 0 Å². The van der Waals surface area contributed by atoms with Crippen molar-refractivity contribution in [2.24, 2.45) is 5.92 Å². The molecule has 112 valence electrons. The lowest BCUT2D eigenvalue weighted by atomic mass is 9.80. The van der Waals surface area contributed by atoms with E-state index in [0.29, 0.717) is 0 Å². The molecule has 1 aromatic carbocycles. The highest BCUT2D eigenvalue weighted by Crippen LogP contribution is 2.48. The summed E-state index contributed by atoms with van der Waals surface area (Å²) in [6.07, 6.45) is 2.05. The quantitative estimate of drug-likeness (QED) is 0.911. The van der Waals surface area contributed by atoms with Crippen LogP contribution in [0.25, 0.3) is 10.9 Å². The van der Waals surface area contributed by atoms with Crippen LogP contribution in [0.4, 0.5) is 0 Å². The molecule has 1 saturated heterocycles. The second kappa shape index (κ2) is 4.79. The SMILES string of the molecule is CC1(C)CC(C(O)c2cccc3cccnc23)C(C)(C)O1. The molecule has 2 unspecified atom stereocenters. The second-order valence-electron chi connectivity index (χ2n) is 7.14. The number of aliphatic hydroxyl groups is 1. The number of fused-ring (bicyclic) bond motifs is 1. The van der Waals surface area contributed by atoms with Crippen molar-refractivity contribution in [2.75, 3.05) is 0 Å². The van der Waals surface area contributed by atoms with Gasteiger partial charge in [-0.05, 0) is 40.2 Å². The molecule has 1 aliphatic heterocycles.